The molecule has 0 aliphatic heterocycles. The molecule has 1 aromatic rings. The molecule has 8 heteroatoms. The second-order valence-electron chi connectivity index (χ2n) is 2.96. The van der Waals surface area contributed by atoms with Crippen LogP contribution in [0.1, 0.15) is 12.5 Å². The molecule has 0 radical (unpaired) electrons. The number of halogens is 1. The van der Waals surface area contributed by atoms with E-state index in [-0.39, 0.29) is 11.7 Å². The maximum absolute atomic E-state index is 9.37. The quantitative estimate of drug-likeness (QED) is 0.358. The van der Waals surface area contributed by atoms with E-state index in [0.29, 0.717) is 10.6 Å². The first kappa shape index (κ1) is 15.7. The predicted molar refractivity (Wildman–Crippen MR) is 69.8 cm³/mol. The first-order chi connectivity index (χ1) is 8.34. The summed E-state index contributed by atoms with van der Waals surface area (Å²) in [4.78, 5) is 9.00. The van der Waals surface area contributed by atoms with Crippen molar-refractivity contribution in [3.8, 4) is 5.75 Å². The molecule has 0 spiro atoms. The van der Waals surface area contributed by atoms with Crippen LogP contribution in [0.4, 0.5) is 0 Å². The summed E-state index contributed by atoms with van der Waals surface area (Å²) in [6, 6.07) is 4.73. The smallest absolute Gasteiger partial charge is 0.300 e. The van der Waals surface area contributed by atoms with Crippen LogP contribution in [0.5, 0.6) is 5.75 Å². The Morgan fingerprint density at radius 3 is 2.44 bits per heavy atom. The van der Waals surface area contributed by atoms with E-state index in [2.05, 4.69) is 10.2 Å². The summed E-state index contributed by atoms with van der Waals surface area (Å²) < 4.78 is 0. The van der Waals surface area contributed by atoms with Crippen molar-refractivity contribution in [1.82, 2.24) is 0 Å². The summed E-state index contributed by atoms with van der Waals surface area (Å²) in [6.07, 6.45) is 1.28. The van der Waals surface area contributed by atoms with Gasteiger partial charge in [0.1, 0.15) is 5.75 Å². The van der Waals surface area contributed by atoms with Crippen LogP contribution in [-0.4, -0.2) is 28.4 Å². The average molecular weight is 273 g/mol. The number of guanidine groups is 1. The van der Waals surface area contributed by atoms with Gasteiger partial charge in [-0.05, 0) is 12.1 Å². The molecule has 0 fully saturated rings. The number of hydrogen-bond acceptors (Lipinski definition) is 4. The Kier molecular flexibility index (Phi) is 6.91. The lowest BCUT2D eigenvalue weighted by molar-refractivity contribution is -0.134. The summed E-state index contributed by atoms with van der Waals surface area (Å²) in [6.45, 7) is 1.08. The highest BCUT2D eigenvalue weighted by atomic mass is 35.5. The second kappa shape index (κ2) is 7.91. The summed E-state index contributed by atoms with van der Waals surface area (Å²) in [7, 11) is 0. The molecule has 0 saturated heterocycles. The topological polar surface area (TPSA) is 134 Å². The minimum atomic E-state index is -0.833. The average Bonchev–Trinajstić information content (AvgIpc) is 2.21. The minimum absolute atomic E-state index is 0.0204. The zero-order valence-corrected chi connectivity index (χ0v) is 10.3. The molecule has 0 saturated carbocycles. The van der Waals surface area contributed by atoms with Crippen molar-refractivity contribution in [2.75, 3.05) is 0 Å². The second-order valence-corrected chi connectivity index (χ2v) is 3.37. The fraction of sp³-hybridized carbons (Fsp3) is 0.100. The number of carboxylic acid groups (broad SMARTS) is 1. The highest BCUT2D eigenvalue weighted by molar-refractivity contribution is 6.33. The molecule has 0 amide bonds. The fourth-order valence-corrected chi connectivity index (χ4v) is 1.03. The molecular formula is C10H13ClN4O3. The first-order valence-corrected chi connectivity index (χ1v) is 5.01. The number of phenolic OH excluding ortho intramolecular Hbond substituents is 1. The summed E-state index contributed by atoms with van der Waals surface area (Å²) in [5.74, 6) is -0.972. The van der Waals surface area contributed by atoms with Crippen molar-refractivity contribution in [3.05, 3.63) is 28.8 Å². The molecule has 0 aliphatic carbocycles. The van der Waals surface area contributed by atoms with Gasteiger partial charge in [-0.3, -0.25) is 4.79 Å². The van der Waals surface area contributed by atoms with Crippen LogP contribution < -0.4 is 11.5 Å². The third kappa shape index (κ3) is 7.07. The molecular weight excluding hydrogens is 260 g/mol. The number of hydrogen-bond donors (Lipinski definition) is 4. The summed E-state index contributed by atoms with van der Waals surface area (Å²) in [5.41, 5.74) is 10.5. The van der Waals surface area contributed by atoms with Crippen molar-refractivity contribution < 1.29 is 15.0 Å². The van der Waals surface area contributed by atoms with E-state index < -0.39 is 5.97 Å². The number of aliphatic carboxylic acids is 1. The van der Waals surface area contributed by atoms with Gasteiger partial charge in [0.25, 0.3) is 5.97 Å². The van der Waals surface area contributed by atoms with Crippen LogP contribution in [0.15, 0.2) is 28.4 Å². The van der Waals surface area contributed by atoms with Crippen molar-refractivity contribution in [3.63, 3.8) is 0 Å². The lowest BCUT2D eigenvalue weighted by Crippen LogP contribution is -2.21. The van der Waals surface area contributed by atoms with Gasteiger partial charge in [0, 0.05) is 6.92 Å². The van der Waals surface area contributed by atoms with Gasteiger partial charge in [-0.1, -0.05) is 17.7 Å². The number of carboxylic acids is 1. The van der Waals surface area contributed by atoms with Crippen LogP contribution in [0.2, 0.25) is 5.02 Å². The Balaban J connectivity index is 0.000000631. The van der Waals surface area contributed by atoms with Gasteiger partial charge in [-0.15, -0.1) is 5.10 Å². The Bertz CT molecular complexity index is 446. The predicted octanol–water partition coefficient (Wildman–Crippen LogP) is 0.744. The van der Waals surface area contributed by atoms with Crippen molar-refractivity contribution in [1.29, 1.82) is 0 Å². The first-order valence-electron chi connectivity index (χ1n) is 4.63. The molecule has 1 aromatic carbocycles. The van der Waals surface area contributed by atoms with Gasteiger partial charge in [0.15, 0.2) is 0 Å². The van der Waals surface area contributed by atoms with Crippen LogP contribution in [0.25, 0.3) is 0 Å². The number of benzene rings is 1. The van der Waals surface area contributed by atoms with Gasteiger partial charge in [-0.25, -0.2) is 0 Å². The van der Waals surface area contributed by atoms with E-state index in [1.165, 1.54) is 12.3 Å². The van der Waals surface area contributed by atoms with E-state index in [0.717, 1.165) is 6.92 Å². The molecule has 0 heterocycles. The molecule has 0 unspecified atom stereocenters. The highest BCUT2D eigenvalue weighted by Gasteiger charge is 2.01. The number of nitrogens with two attached hydrogens (primary N) is 2. The molecule has 18 heavy (non-hydrogen) atoms. The molecule has 0 aliphatic rings. The largest absolute Gasteiger partial charge is 0.507 e. The molecule has 0 atom stereocenters. The van der Waals surface area contributed by atoms with Gasteiger partial charge in [0.2, 0.25) is 5.96 Å². The van der Waals surface area contributed by atoms with E-state index >= 15 is 0 Å². The number of carbonyl (C=O) groups is 1. The van der Waals surface area contributed by atoms with Gasteiger partial charge < -0.3 is 21.7 Å². The third-order valence-electron chi connectivity index (χ3n) is 1.39. The highest BCUT2D eigenvalue weighted by Crippen LogP contribution is 2.22. The SMILES string of the molecule is CC(=O)O.NC(N)=NN=Cc1c(O)cccc1Cl. The number of nitrogens with zero attached hydrogens (tertiary/aromatic N) is 2. The van der Waals surface area contributed by atoms with Crippen molar-refractivity contribution in [2.24, 2.45) is 21.7 Å². The van der Waals surface area contributed by atoms with Crippen LogP contribution in [0, 0.1) is 0 Å². The minimum Gasteiger partial charge on any atom is -0.507 e. The maximum Gasteiger partial charge on any atom is 0.300 e. The zero-order valence-electron chi connectivity index (χ0n) is 9.54. The monoisotopic (exact) mass is 272 g/mol. The van der Waals surface area contributed by atoms with E-state index in [9.17, 15) is 5.11 Å². The Hall–Kier alpha value is -2.28. The Morgan fingerprint density at radius 2 is 2.00 bits per heavy atom. The van der Waals surface area contributed by atoms with Crippen molar-refractivity contribution in [2.45, 2.75) is 6.92 Å². The molecule has 0 bridgehead atoms. The van der Waals surface area contributed by atoms with Crippen molar-refractivity contribution >= 4 is 29.7 Å². The lowest BCUT2D eigenvalue weighted by Gasteiger charge is -1.98. The molecule has 7 nitrogen and oxygen atoms in total. The van der Waals surface area contributed by atoms with E-state index in [1.807, 2.05) is 0 Å². The molecule has 98 valence electrons. The van der Waals surface area contributed by atoms with E-state index in [4.69, 9.17) is 33.0 Å². The van der Waals surface area contributed by atoms with E-state index in [1.54, 1.807) is 12.1 Å². The maximum atomic E-state index is 9.37. The van der Waals surface area contributed by atoms with Gasteiger partial charge in [0.05, 0.1) is 16.8 Å². The third-order valence-corrected chi connectivity index (χ3v) is 1.72. The standard InChI is InChI=1S/C8H9ClN4O.C2H4O2/c9-6-2-1-3-7(14)5(6)4-12-13-8(10)11;1-2(3)4/h1-4,14H,(H4,10,11,13);1H3,(H,3,4). The zero-order chi connectivity index (χ0) is 14.1. The summed E-state index contributed by atoms with van der Waals surface area (Å²) >= 11 is 5.78. The normalized spacial score (nSPS) is 9.44. The molecule has 6 N–H and O–H groups in total. The Labute approximate surface area is 108 Å². The molecule has 0 aromatic heterocycles. The number of aromatic hydroxyl groups is 1. The van der Waals surface area contributed by atoms with Gasteiger partial charge in [-0.2, -0.15) is 5.10 Å². The number of rotatable bonds is 2. The van der Waals surface area contributed by atoms with Gasteiger partial charge >= 0.3 is 0 Å². The fourth-order valence-electron chi connectivity index (χ4n) is 0.807. The summed E-state index contributed by atoms with van der Waals surface area (Å²) in [5, 5.41) is 24.1. The van der Waals surface area contributed by atoms with Crippen LogP contribution in [0.3, 0.4) is 0 Å². The van der Waals surface area contributed by atoms with Crippen LogP contribution in [-0.2, 0) is 4.79 Å². The van der Waals surface area contributed by atoms with Crippen LogP contribution >= 0.6 is 11.6 Å². The molecule has 1 rings (SSSR count). The Morgan fingerprint density at radius 1 is 1.44 bits per heavy atom. The number of phenols is 1. The lowest BCUT2D eigenvalue weighted by atomic mass is 10.2.